The van der Waals surface area contributed by atoms with Crippen molar-refractivity contribution < 1.29 is 18.0 Å². The van der Waals surface area contributed by atoms with Crippen molar-refractivity contribution in [3.63, 3.8) is 0 Å². The zero-order valence-corrected chi connectivity index (χ0v) is 11.6. The van der Waals surface area contributed by atoms with E-state index in [0.29, 0.717) is 24.5 Å². The van der Waals surface area contributed by atoms with Crippen LogP contribution in [0.5, 0.6) is 0 Å². The second kappa shape index (κ2) is 4.83. The second-order valence-corrected chi connectivity index (χ2v) is 4.97. The van der Waals surface area contributed by atoms with Crippen LogP contribution in [0.15, 0.2) is 0 Å². The number of rotatable bonds is 1. The predicted octanol–water partition coefficient (Wildman–Crippen LogP) is 2.29. The van der Waals surface area contributed by atoms with Gasteiger partial charge in [-0.3, -0.25) is 4.84 Å². The minimum absolute atomic E-state index is 0.112. The minimum atomic E-state index is -4.60. The van der Waals surface area contributed by atoms with Gasteiger partial charge < -0.3 is 0 Å². The van der Waals surface area contributed by atoms with Gasteiger partial charge in [0, 0.05) is 17.7 Å². The van der Waals surface area contributed by atoms with Crippen molar-refractivity contribution >= 4 is 11.5 Å². The van der Waals surface area contributed by atoms with Crippen LogP contribution in [0.1, 0.15) is 29.8 Å². The maximum absolute atomic E-state index is 12.9. The average molecular weight is 301 g/mol. The van der Waals surface area contributed by atoms with E-state index in [2.05, 4.69) is 15.3 Å². The highest BCUT2D eigenvalue weighted by molar-refractivity contribution is 5.58. The van der Waals surface area contributed by atoms with Gasteiger partial charge in [0.2, 0.25) is 0 Å². The van der Waals surface area contributed by atoms with Crippen molar-refractivity contribution in [3.05, 3.63) is 17.0 Å². The normalized spacial score (nSPS) is 16.7. The maximum Gasteiger partial charge on any atom is 0.453 e. The van der Waals surface area contributed by atoms with Crippen LogP contribution >= 0.6 is 0 Å². The third-order valence-corrected chi connectivity index (χ3v) is 3.56. The molecule has 21 heavy (non-hydrogen) atoms. The molecular formula is C12H14F3N5O. The first-order valence-electron chi connectivity index (χ1n) is 6.60. The molecule has 0 unspecified atom stereocenters. The Hall–Kier alpha value is -1.90. The monoisotopic (exact) mass is 301 g/mol. The van der Waals surface area contributed by atoms with Crippen LogP contribution in [0.4, 0.5) is 19.0 Å². The zero-order valence-electron chi connectivity index (χ0n) is 11.6. The van der Waals surface area contributed by atoms with E-state index in [1.165, 1.54) is 0 Å². The molecule has 0 aliphatic carbocycles. The Kier molecular flexibility index (Phi) is 3.23. The Morgan fingerprint density at radius 3 is 2.48 bits per heavy atom. The number of hydroxylamine groups is 1. The lowest BCUT2D eigenvalue weighted by Crippen LogP contribution is -2.32. The Morgan fingerprint density at radius 1 is 1.10 bits per heavy atom. The van der Waals surface area contributed by atoms with E-state index in [1.807, 2.05) is 0 Å². The van der Waals surface area contributed by atoms with Crippen molar-refractivity contribution in [2.75, 3.05) is 18.2 Å². The van der Waals surface area contributed by atoms with Crippen molar-refractivity contribution in [1.82, 2.24) is 19.8 Å². The number of hydrogen-bond donors (Lipinski definition) is 0. The van der Waals surface area contributed by atoms with E-state index in [9.17, 15) is 13.2 Å². The van der Waals surface area contributed by atoms with Gasteiger partial charge in [-0.1, -0.05) is 0 Å². The van der Waals surface area contributed by atoms with Crippen LogP contribution < -0.4 is 5.06 Å². The molecule has 0 saturated carbocycles. The minimum Gasteiger partial charge on any atom is -0.272 e. The summed E-state index contributed by atoms with van der Waals surface area (Å²) in [6, 6.07) is 0. The van der Waals surface area contributed by atoms with Gasteiger partial charge in [0.1, 0.15) is 0 Å². The smallest absolute Gasteiger partial charge is 0.272 e. The van der Waals surface area contributed by atoms with E-state index >= 15 is 0 Å². The maximum atomic E-state index is 12.9. The fraction of sp³-hybridized carbons (Fsp3) is 0.583. The molecule has 9 heteroatoms. The zero-order chi connectivity index (χ0) is 15.2. The Balaban J connectivity index is 2.18. The molecule has 3 heterocycles. The van der Waals surface area contributed by atoms with Gasteiger partial charge in [0.15, 0.2) is 11.5 Å². The molecule has 114 valence electrons. The third-order valence-electron chi connectivity index (χ3n) is 3.56. The standard InChI is InChI=1S/C12H14F3N5O/c1-7-8(2)10(19-5-3-4-6-21-19)18-20-9(7)16-17-11(20)12(13,14)15/h3-6H2,1-2H3. The SMILES string of the molecule is Cc1c(N2CCCCO2)nn2c(C(F)(F)F)nnc2c1C. The number of anilines is 1. The molecule has 0 radical (unpaired) electrons. The van der Waals surface area contributed by atoms with E-state index < -0.39 is 12.0 Å². The third kappa shape index (κ3) is 2.31. The lowest BCUT2D eigenvalue weighted by Gasteiger charge is -2.28. The molecule has 0 amide bonds. The van der Waals surface area contributed by atoms with Crippen LogP contribution in [0.2, 0.25) is 0 Å². The van der Waals surface area contributed by atoms with E-state index in [1.54, 1.807) is 18.9 Å². The van der Waals surface area contributed by atoms with Gasteiger partial charge >= 0.3 is 6.18 Å². The van der Waals surface area contributed by atoms with Gasteiger partial charge in [-0.25, -0.2) is 5.06 Å². The van der Waals surface area contributed by atoms with Crippen LogP contribution in [0.3, 0.4) is 0 Å². The Labute approximate surface area is 118 Å². The molecule has 3 rings (SSSR count). The van der Waals surface area contributed by atoms with Crippen LogP contribution in [-0.4, -0.2) is 33.0 Å². The van der Waals surface area contributed by atoms with Crippen molar-refractivity contribution in [3.8, 4) is 0 Å². The van der Waals surface area contributed by atoms with Crippen LogP contribution in [0.25, 0.3) is 5.65 Å². The lowest BCUT2D eigenvalue weighted by molar-refractivity contribution is -0.146. The summed E-state index contributed by atoms with van der Waals surface area (Å²) in [5.41, 5.74) is 1.46. The molecule has 1 fully saturated rings. The topological polar surface area (TPSA) is 55.5 Å². The molecule has 0 spiro atoms. The summed E-state index contributed by atoms with van der Waals surface area (Å²) >= 11 is 0. The molecule has 1 aliphatic heterocycles. The second-order valence-electron chi connectivity index (χ2n) is 4.97. The van der Waals surface area contributed by atoms with Gasteiger partial charge in [0.25, 0.3) is 5.82 Å². The molecule has 2 aromatic heterocycles. The number of fused-ring (bicyclic) bond motifs is 1. The predicted molar refractivity (Wildman–Crippen MR) is 67.8 cm³/mol. The molecular weight excluding hydrogens is 287 g/mol. The molecule has 0 aromatic carbocycles. The largest absolute Gasteiger partial charge is 0.453 e. The van der Waals surface area contributed by atoms with E-state index in [0.717, 1.165) is 22.9 Å². The Morgan fingerprint density at radius 2 is 1.86 bits per heavy atom. The summed E-state index contributed by atoms with van der Waals surface area (Å²) in [4.78, 5) is 5.49. The lowest BCUT2D eigenvalue weighted by atomic mass is 10.2. The first kappa shape index (κ1) is 14.1. The van der Waals surface area contributed by atoms with E-state index in [-0.39, 0.29) is 5.65 Å². The fourth-order valence-corrected chi connectivity index (χ4v) is 2.29. The van der Waals surface area contributed by atoms with Gasteiger partial charge in [-0.15, -0.1) is 15.3 Å². The van der Waals surface area contributed by atoms with Crippen molar-refractivity contribution in [2.24, 2.45) is 0 Å². The summed E-state index contributed by atoms with van der Waals surface area (Å²) in [5, 5.41) is 12.4. The molecule has 1 aliphatic rings. The van der Waals surface area contributed by atoms with Gasteiger partial charge in [-0.2, -0.15) is 17.7 Å². The summed E-state index contributed by atoms with van der Waals surface area (Å²) in [6.07, 6.45) is -2.77. The number of halogens is 3. The Bertz CT molecular complexity index is 676. The first-order chi connectivity index (χ1) is 9.89. The summed E-state index contributed by atoms with van der Waals surface area (Å²) < 4.78 is 39.6. The van der Waals surface area contributed by atoms with Crippen molar-refractivity contribution in [2.45, 2.75) is 32.9 Å². The highest BCUT2D eigenvalue weighted by Crippen LogP contribution is 2.31. The highest BCUT2D eigenvalue weighted by atomic mass is 19.4. The molecule has 2 aromatic rings. The molecule has 0 bridgehead atoms. The van der Waals surface area contributed by atoms with Crippen molar-refractivity contribution in [1.29, 1.82) is 0 Å². The van der Waals surface area contributed by atoms with Gasteiger partial charge in [0.05, 0.1) is 6.61 Å². The van der Waals surface area contributed by atoms with Crippen LogP contribution in [-0.2, 0) is 11.0 Å². The number of hydrogen-bond acceptors (Lipinski definition) is 5. The molecule has 6 nitrogen and oxygen atoms in total. The average Bonchev–Trinajstić information content (AvgIpc) is 2.87. The molecule has 1 saturated heterocycles. The molecule has 0 atom stereocenters. The number of aromatic nitrogens is 4. The number of aryl methyl sites for hydroxylation is 1. The summed E-state index contributed by atoms with van der Waals surface area (Å²) in [5.74, 6) is -0.746. The van der Waals surface area contributed by atoms with E-state index in [4.69, 9.17) is 4.84 Å². The first-order valence-corrected chi connectivity index (χ1v) is 6.60. The highest BCUT2D eigenvalue weighted by Gasteiger charge is 2.38. The fourth-order valence-electron chi connectivity index (χ4n) is 2.29. The number of nitrogens with zero attached hydrogens (tertiary/aromatic N) is 5. The summed E-state index contributed by atoms with van der Waals surface area (Å²) in [7, 11) is 0. The summed E-state index contributed by atoms with van der Waals surface area (Å²) in [6.45, 7) is 4.63. The van der Waals surface area contributed by atoms with Gasteiger partial charge in [-0.05, 0) is 26.7 Å². The number of alkyl halides is 3. The molecule has 0 N–H and O–H groups in total. The van der Waals surface area contributed by atoms with Crippen LogP contribution in [0, 0.1) is 13.8 Å². The quantitative estimate of drug-likeness (QED) is 0.809.